The molecule has 1 aliphatic rings. The van der Waals surface area contributed by atoms with Crippen LogP contribution < -0.4 is 20.9 Å². The Balaban J connectivity index is 1.79. The normalized spacial score (nSPS) is 18.9. The number of rotatable bonds is 2. The zero-order chi connectivity index (χ0) is 16.6. The number of amides is 2. The van der Waals surface area contributed by atoms with Crippen LogP contribution in [0, 0.1) is 6.92 Å². The maximum atomic E-state index is 12.3. The summed E-state index contributed by atoms with van der Waals surface area (Å²) in [6, 6.07) is 8.72. The predicted octanol–water partition coefficient (Wildman–Crippen LogP) is 2.34. The van der Waals surface area contributed by atoms with Crippen LogP contribution in [0.5, 0.6) is 5.75 Å². The van der Waals surface area contributed by atoms with E-state index in [2.05, 4.69) is 10.6 Å². The van der Waals surface area contributed by atoms with Gasteiger partial charge in [-0.1, -0.05) is 18.2 Å². The van der Waals surface area contributed by atoms with E-state index in [9.17, 15) is 9.59 Å². The van der Waals surface area contributed by atoms with E-state index < -0.39 is 6.03 Å². The second-order valence-corrected chi connectivity index (χ2v) is 5.73. The molecular formula is C17H19N3O3. The van der Waals surface area contributed by atoms with Crippen LogP contribution in [0.15, 0.2) is 41.3 Å². The van der Waals surface area contributed by atoms with Crippen LogP contribution in [0.3, 0.4) is 0 Å². The number of urea groups is 1. The number of anilines is 1. The third-order valence-corrected chi connectivity index (χ3v) is 4.04. The van der Waals surface area contributed by atoms with Gasteiger partial charge in [-0.25, -0.2) is 4.79 Å². The maximum absolute atomic E-state index is 12.3. The van der Waals surface area contributed by atoms with Crippen molar-refractivity contribution in [3.05, 3.63) is 58.0 Å². The first kappa shape index (κ1) is 15.1. The Labute approximate surface area is 134 Å². The molecule has 2 atom stereocenters. The van der Waals surface area contributed by atoms with Crippen LogP contribution in [0.25, 0.3) is 0 Å². The zero-order valence-corrected chi connectivity index (χ0v) is 13.3. The molecule has 3 rings (SSSR count). The van der Waals surface area contributed by atoms with Gasteiger partial charge in [0.2, 0.25) is 0 Å². The van der Waals surface area contributed by atoms with E-state index in [0.29, 0.717) is 0 Å². The van der Waals surface area contributed by atoms with Crippen molar-refractivity contribution in [2.24, 2.45) is 7.05 Å². The fraction of sp³-hybridized carbons (Fsp3) is 0.294. The molecule has 0 aliphatic carbocycles. The number of nitrogens with zero attached hydrogens (tertiary/aromatic N) is 1. The summed E-state index contributed by atoms with van der Waals surface area (Å²) in [7, 11) is 1.65. The first-order chi connectivity index (χ1) is 11.0. The molecule has 0 saturated carbocycles. The molecule has 0 saturated heterocycles. The smallest absolute Gasteiger partial charge is 0.320 e. The fourth-order valence-electron chi connectivity index (χ4n) is 2.72. The minimum atomic E-state index is -0.423. The summed E-state index contributed by atoms with van der Waals surface area (Å²) < 4.78 is 7.16. The fourth-order valence-corrected chi connectivity index (χ4v) is 2.72. The Hall–Kier alpha value is -2.76. The average molecular weight is 313 g/mol. The molecule has 2 amide bonds. The Morgan fingerprint density at radius 2 is 2.00 bits per heavy atom. The van der Waals surface area contributed by atoms with Gasteiger partial charge in [-0.05, 0) is 31.5 Å². The van der Waals surface area contributed by atoms with Crippen LogP contribution >= 0.6 is 0 Å². The van der Waals surface area contributed by atoms with Gasteiger partial charge < -0.3 is 19.9 Å². The molecule has 0 spiro atoms. The highest BCUT2D eigenvalue weighted by atomic mass is 16.5. The van der Waals surface area contributed by atoms with Crippen LogP contribution in [0.4, 0.5) is 10.5 Å². The van der Waals surface area contributed by atoms with Gasteiger partial charge in [-0.3, -0.25) is 4.79 Å². The van der Waals surface area contributed by atoms with E-state index in [1.54, 1.807) is 26.2 Å². The molecule has 1 aromatic carbocycles. The van der Waals surface area contributed by atoms with Gasteiger partial charge in [0.1, 0.15) is 17.5 Å². The highest BCUT2D eigenvalue weighted by Gasteiger charge is 2.32. The molecule has 120 valence electrons. The van der Waals surface area contributed by atoms with E-state index >= 15 is 0 Å². The summed E-state index contributed by atoms with van der Waals surface area (Å²) in [5, 5.41) is 5.54. The molecule has 6 nitrogen and oxygen atoms in total. The number of aromatic nitrogens is 1. The summed E-state index contributed by atoms with van der Waals surface area (Å²) >= 11 is 0. The molecule has 6 heteroatoms. The van der Waals surface area contributed by atoms with E-state index in [0.717, 1.165) is 16.9 Å². The largest absolute Gasteiger partial charge is 0.488 e. The summed E-state index contributed by atoms with van der Waals surface area (Å²) in [5.41, 5.74) is 1.70. The Morgan fingerprint density at radius 3 is 2.78 bits per heavy atom. The minimum Gasteiger partial charge on any atom is -0.488 e. The van der Waals surface area contributed by atoms with Gasteiger partial charge in [0, 0.05) is 18.8 Å². The van der Waals surface area contributed by atoms with Crippen LogP contribution in [0.2, 0.25) is 0 Å². The van der Waals surface area contributed by atoms with Gasteiger partial charge in [0.25, 0.3) is 5.56 Å². The van der Waals surface area contributed by atoms with Gasteiger partial charge in [-0.2, -0.15) is 0 Å². The molecule has 23 heavy (non-hydrogen) atoms. The first-order valence-corrected chi connectivity index (χ1v) is 7.46. The number of ether oxygens (including phenoxy) is 1. The molecule has 1 aliphatic heterocycles. The SMILES string of the molecule is Cc1ccn(C)c(=O)c1NC(=O)N[C@H]1c2ccccc2O[C@H]1C. The van der Waals surface area contributed by atoms with Gasteiger partial charge in [-0.15, -0.1) is 0 Å². The van der Waals surface area contributed by atoms with Crippen LogP contribution in [-0.2, 0) is 7.05 Å². The van der Waals surface area contributed by atoms with Crippen LogP contribution in [0.1, 0.15) is 24.1 Å². The number of fused-ring (bicyclic) bond motifs is 1. The number of nitrogens with one attached hydrogen (secondary N) is 2. The third-order valence-electron chi connectivity index (χ3n) is 4.04. The topological polar surface area (TPSA) is 72.4 Å². The molecule has 0 radical (unpaired) electrons. The number of benzene rings is 1. The highest BCUT2D eigenvalue weighted by molar-refractivity contribution is 5.90. The van der Waals surface area contributed by atoms with Crippen LogP contribution in [-0.4, -0.2) is 16.7 Å². The Kier molecular flexibility index (Phi) is 3.82. The van der Waals surface area contributed by atoms with Crippen molar-refractivity contribution in [2.75, 3.05) is 5.32 Å². The van der Waals surface area contributed by atoms with Crippen molar-refractivity contribution in [3.63, 3.8) is 0 Å². The van der Waals surface area contributed by atoms with E-state index in [1.165, 1.54) is 4.57 Å². The summed E-state index contributed by atoms with van der Waals surface area (Å²) in [6.45, 7) is 3.69. The number of carbonyl (C=O) groups excluding carboxylic acids is 1. The molecule has 2 aromatic rings. The number of aryl methyl sites for hydroxylation is 2. The van der Waals surface area contributed by atoms with E-state index in [-0.39, 0.29) is 23.4 Å². The first-order valence-electron chi connectivity index (χ1n) is 7.46. The summed E-state index contributed by atoms with van der Waals surface area (Å²) in [6.07, 6.45) is 1.50. The van der Waals surface area contributed by atoms with Gasteiger partial charge in [0.15, 0.2) is 0 Å². The molecule has 2 heterocycles. The number of hydrogen-bond donors (Lipinski definition) is 2. The van der Waals surface area contributed by atoms with Crippen molar-refractivity contribution >= 4 is 11.7 Å². The average Bonchev–Trinajstić information content (AvgIpc) is 2.84. The number of carbonyl (C=O) groups is 1. The number of para-hydroxylation sites is 1. The van der Waals surface area contributed by atoms with Crippen molar-refractivity contribution in [1.29, 1.82) is 0 Å². The Bertz CT molecular complexity index is 813. The van der Waals surface area contributed by atoms with Crippen molar-refractivity contribution in [1.82, 2.24) is 9.88 Å². The summed E-state index contributed by atoms with van der Waals surface area (Å²) in [5.74, 6) is 0.775. The molecule has 1 aromatic heterocycles. The lowest BCUT2D eigenvalue weighted by molar-refractivity contribution is 0.204. The number of hydrogen-bond acceptors (Lipinski definition) is 3. The zero-order valence-electron chi connectivity index (χ0n) is 13.3. The second-order valence-electron chi connectivity index (χ2n) is 5.73. The lowest BCUT2D eigenvalue weighted by Gasteiger charge is -2.18. The second kappa shape index (κ2) is 5.79. The molecule has 0 fully saturated rings. The molecular weight excluding hydrogens is 294 g/mol. The standard InChI is InChI=1S/C17H19N3O3/c1-10-8-9-20(3)16(21)14(10)18-17(22)19-15-11(2)23-13-7-5-4-6-12(13)15/h4-9,11,15H,1-3H3,(H2,18,19,22)/t11-,15+/m0/s1. The van der Waals surface area contributed by atoms with Crippen molar-refractivity contribution < 1.29 is 9.53 Å². The quantitative estimate of drug-likeness (QED) is 0.894. The summed E-state index contributed by atoms with van der Waals surface area (Å²) in [4.78, 5) is 24.4. The predicted molar refractivity (Wildman–Crippen MR) is 87.8 cm³/mol. The number of pyridine rings is 1. The maximum Gasteiger partial charge on any atom is 0.320 e. The highest BCUT2D eigenvalue weighted by Crippen LogP contribution is 2.36. The lowest BCUT2D eigenvalue weighted by atomic mass is 10.1. The minimum absolute atomic E-state index is 0.169. The lowest BCUT2D eigenvalue weighted by Crippen LogP contribution is -2.38. The van der Waals surface area contributed by atoms with Gasteiger partial charge in [0.05, 0.1) is 6.04 Å². The van der Waals surface area contributed by atoms with Crippen molar-refractivity contribution in [3.8, 4) is 5.75 Å². The van der Waals surface area contributed by atoms with E-state index in [1.807, 2.05) is 31.2 Å². The molecule has 0 bridgehead atoms. The van der Waals surface area contributed by atoms with Crippen molar-refractivity contribution in [2.45, 2.75) is 26.0 Å². The molecule has 0 unspecified atom stereocenters. The van der Waals surface area contributed by atoms with Gasteiger partial charge >= 0.3 is 6.03 Å². The Morgan fingerprint density at radius 1 is 1.26 bits per heavy atom. The monoisotopic (exact) mass is 313 g/mol. The molecule has 2 N–H and O–H groups in total. The van der Waals surface area contributed by atoms with E-state index in [4.69, 9.17) is 4.74 Å². The third kappa shape index (κ3) is 2.79.